The van der Waals surface area contributed by atoms with E-state index in [-0.39, 0.29) is 0 Å². The number of para-hydroxylation sites is 2. The van der Waals surface area contributed by atoms with Gasteiger partial charge in [0.05, 0.1) is 16.7 Å². The minimum Gasteiger partial charge on any atom is -0.310 e. The third-order valence-corrected chi connectivity index (χ3v) is 12.3. The fourth-order valence-electron chi connectivity index (χ4n) is 8.57. The molecule has 11 aromatic rings. The van der Waals surface area contributed by atoms with Crippen LogP contribution in [0, 0.1) is 0 Å². The highest BCUT2D eigenvalue weighted by Gasteiger charge is 2.24. The van der Waals surface area contributed by atoms with Crippen LogP contribution in [0.1, 0.15) is 0 Å². The first-order valence-corrected chi connectivity index (χ1v) is 20.2. The first kappa shape index (κ1) is 33.2. The Morgan fingerprint density at radius 3 is 1.61 bits per heavy atom. The highest BCUT2D eigenvalue weighted by Crippen LogP contribution is 2.48. The Morgan fingerprint density at radius 1 is 0.368 bits per heavy atom. The van der Waals surface area contributed by atoms with Gasteiger partial charge in [0.1, 0.15) is 0 Å². The van der Waals surface area contributed by atoms with Crippen LogP contribution in [0.15, 0.2) is 218 Å². The van der Waals surface area contributed by atoms with Gasteiger partial charge < -0.3 is 9.47 Å². The Balaban J connectivity index is 1.24. The Hall–Kier alpha value is -7.20. The molecule has 268 valence electrons. The molecule has 0 spiro atoms. The first-order chi connectivity index (χ1) is 28.3. The van der Waals surface area contributed by atoms with Crippen molar-refractivity contribution < 1.29 is 0 Å². The average Bonchev–Trinajstić information content (AvgIpc) is 3.84. The van der Waals surface area contributed by atoms with Gasteiger partial charge in [0.15, 0.2) is 0 Å². The smallest absolute Gasteiger partial charge is 0.0640 e. The van der Waals surface area contributed by atoms with Crippen molar-refractivity contribution in [2.45, 2.75) is 0 Å². The summed E-state index contributed by atoms with van der Waals surface area (Å²) in [6.07, 6.45) is 0. The Bertz CT molecular complexity index is 3150. The highest BCUT2D eigenvalue weighted by atomic mass is 32.1. The second kappa shape index (κ2) is 13.8. The molecule has 0 atom stereocenters. The lowest BCUT2D eigenvalue weighted by atomic mass is 9.97. The molecular weight excluding hydrogens is 709 g/mol. The molecule has 0 radical (unpaired) electrons. The van der Waals surface area contributed by atoms with Crippen molar-refractivity contribution in [1.29, 1.82) is 0 Å². The zero-order chi connectivity index (χ0) is 37.7. The van der Waals surface area contributed by atoms with E-state index in [2.05, 4.69) is 228 Å². The van der Waals surface area contributed by atoms with Crippen LogP contribution >= 0.6 is 11.3 Å². The Labute approximate surface area is 335 Å². The average molecular weight is 745 g/mol. The molecule has 0 fully saturated rings. The van der Waals surface area contributed by atoms with Crippen LogP contribution in [0.3, 0.4) is 0 Å². The van der Waals surface area contributed by atoms with Crippen LogP contribution in [-0.4, -0.2) is 4.57 Å². The summed E-state index contributed by atoms with van der Waals surface area (Å²) >= 11 is 1.86. The molecule has 11 rings (SSSR count). The predicted octanol–water partition coefficient (Wildman–Crippen LogP) is 15.6. The summed E-state index contributed by atoms with van der Waals surface area (Å²) in [6.45, 7) is 0. The number of nitrogens with zero attached hydrogens (tertiary/aromatic N) is 2. The fraction of sp³-hybridized carbons (Fsp3) is 0. The van der Waals surface area contributed by atoms with Gasteiger partial charge >= 0.3 is 0 Å². The summed E-state index contributed by atoms with van der Waals surface area (Å²) in [5.74, 6) is 0. The number of rotatable bonds is 7. The summed E-state index contributed by atoms with van der Waals surface area (Å²) in [5.41, 5.74) is 13.9. The molecule has 2 aromatic heterocycles. The predicted molar refractivity (Wildman–Crippen MR) is 245 cm³/mol. The van der Waals surface area contributed by atoms with Crippen molar-refractivity contribution in [2.75, 3.05) is 4.90 Å². The minimum atomic E-state index is 1.10. The maximum Gasteiger partial charge on any atom is 0.0640 e. The summed E-state index contributed by atoms with van der Waals surface area (Å²) in [5, 5.41) is 5.01. The van der Waals surface area contributed by atoms with Crippen LogP contribution < -0.4 is 4.90 Å². The molecular formula is C54H36N2S. The number of thiophene rings is 1. The molecule has 0 saturated carbocycles. The van der Waals surface area contributed by atoms with E-state index < -0.39 is 0 Å². The summed E-state index contributed by atoms with van der Waals surface area (Å²) in [6, 6.07) is 79.5. The standard InChI is InChI=1S/C54H36N2S/c1-4-16-37(17-5-1)39-20-14-24-43(34-39)55(44-25-15-21-40(35-44)38-18-6-2-7-19-38)50-32-31-45(41-30-33-52-48(36-41)46-26-11-13-29-51(46)57-52)54-53(50)47-27-10-12-28-49(47)56(54)42-22-8-3-9-23-42/h1-36H. The van der Waals surface area contributed by atoms with E-state index in [1.54, 1.807) is 0 Å². The second-order valence-electron chi connectivity index (χ2n) is 14.5. The van der Waals surface area contributed by atoms with Crippen molar-refractivity contribution in [3.63, 3.8) is 0 Å². The topological polar surface area (TPSA) is 8.17 Å². The van der Waals surface area contributed by atoms with Crippen molar-refractivity contribution in [3.05, 3.63) is 218 Å². The fourth-order valence-corrected chi connectivity index (χ4v) is 9.66. The molecule has 0 bridgehead atoms. The van der Waals surface area contributed by atoms with E-state index in [0.29, 0.717) is 0 Å². The number of hydrogen-bond donors (Lipinski definition) is 0. The SMILES string of the molecule is c1ccc(-c2cccc(N(c3cccc(-c4ccccc4)c3)c3ccc(-c4ccc5sc6ccccc6c5c4)c4c3c3ccccc3n4-c3ccccc3)c2)cc1. The van der Waals surface area contributed by atoms with Crippen LogP contribution in [0.5, 0.6) is 0 Å². The molecule has 2 heterocycles. The molecule has 0 saturated heterocycles. The maximum absolute atomic E-state index is 2.47. The van der Waals surface area contributed by atoms with Gasteiger partial charge in [-0.1, -0.05) is 152 Å². The number of hydrogen-bond acceptors (Lipinski definition) is 2. The zero-order valence-corrected chi connectivity index (χ0v) is 31.9. The van der Waals surface area contributed by atoms with Gasteiger partial charge in [0, 0.05) is 53.6 Å². The second-order valence-corrected chi connectivity index (χ2v) is 15.6. The molecule has 0 amide bonds. The molecule has 57 heavy (non-hydrogen) atoms. The normalized spacial score (nSPS) is 11.5. The largest absolute Gasteiger partial charge is 0.310 e. The number of anilines is 3. The lowest BCUT2D eigenvalue weighted by Crippen LogP contribution is -2.11. The van der Waals surface area contributed by atoms with Gasteiger partial charge in [-0.25, -0.2) is 0 Å². The lowest BCUT2D eigenvalue weighted by molar-refractivity contribution is 1.18. The van der Waals surface area contributed by atoms with E-state index in [1.807, 2.05) is 11.3 Å². The van der Waals surface area contributed by atoms with E-state index in [1.165, 1.54) is 75.4 Å². The molecule has 0 unspecified atom stereocenters. The van der Waals surface area contributed by atoms with Crippen LogP contribution in [0.25, 0.3) is 81.0 Å². The van der Waals surface area contributed by atoms with E-state index in [4.69, 9.17) is 0 Å². The quantitative estimate of drug-likeness (QED) is 0.158. The molecule has 2 nitrogen and oxygen atoms in total. The van der Waals surface area contributed by atoms with Crippen LogP contribution in [0.4, 0.5) is 17.1 Å². The van der Waals surface area contributed by atoms with Gasteiger partial charge in [-0.3, -0.25) is 0 Å². The molecule has 9 aromatic carbocycles. The highest BCUT2D eigenvalue weighted by molar-refractivity contribution is 7.25. The lowest BCUT2D eigenvalue weighted by Gasteiger charge is -2.28. The maximum atomic E-state index is 2.47. The van der Waals surface area contributed by atoms with Gasteiger partial charge in [-0.2, -0.15) is 0 Å². The van der Waals surface area contributed by atoms with E-state index in [9.17, 15) is 0 Å². The zero-order valence-electron chi connectivity index (χ0n) is 31.1. The van der Waals surface area contributed by atoms with Gasteiger partial charge in [-0.05, 0) is 94.5 Å². The third-order valence-electron chi connectivity index (χ3n) is 11.2. The Kier molecular flexibility index (Phi) is 8.04. The molecule has 0 aliphatic heterocycles. The number of fused-ring (bicyclic) bond motifs is 6. The first-order valence-electron chi connectivity index (χ1n) is 19.4. The minimum absolute atomic E-state index is 1.10. The van der Waals surface area contributed by atoms with E-state index in [0.717, 1.165) is 22.7 Å². The molecule has 3 heteroatoms. The van der Waals surface area contributed by atoms with Gasteiger partial charge in [0.2, 0.25) is 0 Å². The summed E-state index contributed by atoms with van der Waals surface area (Å²) in [4.78, 5) is 2.46. The summed E-state index contributed by atoms with van der Waals surface area (Å²) in [7, 11) is 0. The van der Waals surface area contributed by atoms with Crippen molar-refractivity contribution in [3.8, 4) is 39.1 Å². The van der Waals surface area contributed by atoms with Crippen molar-refractivity contribution in [2.24, 2.45) is 0 Å². The summed E-state index contributed by atoms with van der Waals surface area (Å²) < 4.78 is 5.09. The molecule has 0 N–H and O–H groups in total. The Morgan fingerprint density at radius 2 is 0.930 bits per heavy atom. The van der Waals surface area contributed by atoms with Crippen molar-refractivity contribution in [1.82, 2.24) is 4.57 Å². The third kappa shape index (κ3) is 5.71. The van der Waals surface area contributed by atoms with Gasteiger partial charge in [-0.15, -0.1) is 11.3 Å². The van der Waals surface area contributed by atoms with Crippen molar-refractivity contribution >= 4 is 70.4 Å². The number of benzene rings is 9. The monoisotopic (exact) mass is 744 g/mol. The van der Waals surface area contributed by atoms with E-state index >= 15 is 0 Å². The number of aromatic nitrogens is 1. The molecule has 0 aliphatic carbocycles. The van der Waals surface area contributed by atoms with Crippen LogP contribution in [-0.2, 0) is 0 Å². The van der Waals surface area contributed by atoms with Crippen LogP contribution in [0.2, 0.25) is 0 Å². The van der Waals surface area contributed by atoms with Gasteiger partial charge in [0.25, 0.3) is 0 Å². The molecule has 0 aliphatic rings.